The number of hydrogen-bond donors (Lipinski definition) is 2. The molecule has 4 aromatic rings. The second-order valence-corrected chi connectivity index (χ2v) is 6.69. The molecule has 8 heteroatoms. The molecule has 158 valence electrons. The summed E-state index contributed by atoms with van der Waals surface area (Å²) in [4.78, 5) is 27.4. The van der Waals surface area contributed by atoms with E-state index in [1.54, 1.807) is 48.7 Å². The number of pyridine rings is 1. The highest BCUT2D eigenvalue weighted by molar-refractivity contribution is 6.02. The maximum absolute atomic E-state index is 14.3. The van der Waals surface area contributed by atoms with Crippen LogP contribution in [0.15, 0.2) is 90.0 Å². The number of halogens is 1. The largest absolute Gasteiger partial charge is 0.453 e. The number of carbonyl (C=O) groups excluding carboxylic acids is 1. The van der Waals surface area contributed by atoms with Crippen molar-refractivity contribution in [3.8, 4) is 22.8 Å². The number of hydrogen-bond acceptors (Lipinski definition) is 5. The van der Waals surface area contributed by atoms with E-state index in [1.165, 1.54) is 36.5 Å². The number of carbonyl (C=O) groups is 1. The van der Waals surface area contributed by atoms with Gasteiger partial charge in [-0.25, -0.2) is 9.49 Å². The van der Waals surface area contributed by atoms with Gasteiger partial charge in [0.25, 0.3) is 5.56 Å². The van der Waals surface area contributed by atoms with Gasteiger partial charge in [0.1, 0.15) is 5.75 Å². The summed E-state index contributed by atoms with van der Waals surface area (Å²) in [7, 11) is 0. The molecule has 0 aliphatic heterocycles. The Morgan fingerprint density at radius 1 is 1.06 bits per heavy atom. The molecule has 0 spiro atoms. The maximum Gasteiger partial charge on any atom is 0.264 e. The molecule has 2 aromatic heterocycles. The van der Waals surface area contributed by atoms with E-state index >= 15 is 0 Å². The SMILES string of the molecule is O=C(/C=C/c1ccc(Oc2cccnc2)c(F)c1)Nc1cccc(-c2ccc(=O)[nH]n2)c1. The van der Waals surface area contributed by atoms with Gasteiger partial charge in [0.05, 0.1) is 11.9 Å². The van der Waals surface area contributed by atoms with Crippen LogP contribution in [0.3, 0.4) is 0 Å². The third kappa shape index (κ3) is 5.31. The number of H-pyrrole nitrogens is 1. The van der Waals surface area contributed by atoms with Crippen molar-refractivity contribution in [2.75, 3.05) is 5.32 Å². The van der Waals surface area contributed by atoms with Gasteiger partial charge < -0.3 is 10.1 Å². The number of amides is 1. The molecule has 0 fully saturated rings. The van der Waals surface area contributed by atoms with Crippen LogP contribution in [0.1, 0.15) is 5.56 Å². The molecule has 0 atom stereocenters. The summed E-state index contributed by atoms with van der Waals surface area (Å²) in [6, 6.07) is 17.8. The van der Waals surface area contributed by atoms with Gasteiger partial charge in [0.2, 0.25) is 5.91 Å². The minimum atomic E-state index is -0.558. The lowest BCUT2D eigenvalue weighted by Crippen LogP contribution is -2.08. The molecule has 2 aromatic carbocycles. The number of nitrogens with zero attached hydrogens (tertiary/aromatic N) is 2. The molecule has 2 N–H and O–H groups in total. The predicted octanol–water partition coefficient (Wildman–Crippen LogP) is 4.42. The van der Waals surface area contributed by atoms with E-state index in [-0.39, 0.29) is 17.2 Å². The average Bonchev–Trinajstić information content (AvgIpc) is 2.81. The molecule has 1 amide bonds. The van der Waals surface area contributed by atoms with Crippen molar-refractivity contribution in [1.82, 2.24) is 15.2 Å². The highest BCUT2D eigenvalue weighted by Gasteiger charge is 2.06. The topological polar surface area (TPSA) is 97.0 Å². The van der Waals surface area contributed by atoms with E-state index in [1.807, 2.05) is 6.07 Å². The minimum Gasteiger partial charge on any atom is -0.453 e. The molecule has 0 aliphatic carbocycles. The Hall–Kier alpha value is -4.59. The monoisotopic (exact) mass is 428 g/mol. The van der Waals surface area contributed by atoms with Gasteiger partial charge in [0.15, 0.2) is 11.6 Å². The summed E-state index contributed by atoms with van der Waals surface area (Å²) in [5, 5.41) is 9.09. The van der Waals surface area contributed by atoms with Crippen molar-refractivity contribution in [2.45, 2.75) is 0 Å². The molecular weight excluding hydrogens is 411 g/mol. The van der Waals surface area contributed by atoms with Gasteiger partial charge in [-0.2, -0.15) is 5.10 Å². The quantitative estimate of drug-likeness (QED) is 0.443. The van der Waals surface area contributed by atoms with Crippen LogP contribution in [0.25, 0.3) is 17.3 Å². The first kappa shape index (κ1) is 20.7. The van der Waals surface area contributed by atoms with Gasteiger partial charge in [-0.3, -0.25) is 14.6 Å². The van der Waals surface area contributed by atoms with Crippen molar-refractivity contribution >= 4 is 17.7 Å². The van der Waals surface area contributed by atoms with Crippen molar-refractivity contribution in [3.05, 3.63) is 107 Å². The number of ether oxygens (including phenoxy) is 1. The number of nitrogens with one attached hydrogen (secondary N) is 2. The van der Waals surface area contributed by atoms with Crippen molar-refractivity contribution in [1.29, 1.82) is 0 Å². The van der Waals surface area contributed by atoms with Crippen LogP contribution >= 0.6 is 0 Å². The zero-order valence-corrected chi connectivity index (χ0v) is 16.7. The summed E-state index contributed by atoms with van der Waals surface area (Å²) in [6.07, 6.45) is 5.89. The van der Waals surface area contributed by atoms with Crippen molar-refractivity contribution in [3.63, 3.8) is 0 Å². The van der Waals surface area contributed by atoms with Crippen LogP contribution in [-0.4, -0.2) is 21.1 Å². The Balaban J connectivity index is 1.41. The average molecular weight is 428 g/mol. The van der Waals surface area contributed by atoms with E-state index in [2.05, 4.69) is 20.5 Å². The lowest BCUT2D eigenvalue weighted by molar-refractivity contribution is -0.111. The summed E-state index contributed by atoms with van der Waals surface area (Å²) in [5.41, 5.74) is 2.06. The van der Waals surface area contributed by atoms with Gasteiger partial charge >= 0.3 is 0 Å². The van der Waals surface area contributed by atoms with Gasteiger partial charge in [-0.1, -0.05) is 18.2 Å². The fourth-order valence-corrected chi connectivity index (χ4v) is 2.86. The van der Waals surface area contributed by atoms with Crippen LogP contribution in [0.4, 0.5) is 10.1 Å². The summed E-state index contributed by atoms with van der Waals surface area (Å²) in [5.74, 6) is -0.453. The lowest BCUT2D eigenvalue weighted by atomic mass is 10.1. The van der Waals surface area contributed by atoms with E-state index in [9.17, 15) is 14.0 Å². The minimum absolute atomic E-state index is 0.0623. The van der Waals surface area contributed by atoms with Crippen LogP contribution in [0.5, 0.6) is 11.5 Å². The third-order valence-electron chi connectivity index (χ3n) is 4.35. The van der Waals surface area contributed by atoms with Crippen LogP contribution in [-0.2, 0) is 4.79 Å². The lowest BCUT2D eigenvalue weighted by Gasteiger charge is -2.07. The van der Waals surface area contributed by atoms with Gasteiger partial charge in [0, 0.05) is 29.6 Å². The van der Waals surface area contributed by atoms with Crippen molar-refractivity contribution in [2.24, 2.45) is 0 Å². The second-order valence-electron chi connectivity index (χ2n) is 6.69. The van der Waals surface area contributed by atoms with Crippen LogP contribution in [0, 0.1) is 5.82 Å². The zero-order chi connectivity index (χ0) is 22.3. The fraction of sp³-hybridized carbons (Fsp3) is 0. The number of aromatic amines is 1. The number of aromatic nitrogens is 3. The summed E-state index contributed by atoms with van der Waals surface area (Å²) < 4.78 is 19.8. The molecule has 0 aliphatic rings. The first-order valence-corrected chi connectivity index (χ1v) is 9.59. The van der Waals surface area contributed by atoms with Gasteiger partial charge in [-0.05, 0) is 54.1 Å². The Labute approximate surface area is 182 Å². The first-order chi connectivity index (χ1) is 15.6. The molecule has 32 heavy (non-hydrogen) atoms. The molecule has 0 radical (unpaired) electrons. The van der Waals surface area contributed by atoms with Gasteiger partial charge in [-0.15, -0.1) is 0 Å². The highest BCUT2D eigenvalue weighted by Crippen LogP contribution is 2.25. The molecule has 0 saturated heterocycles. The summed E-state index contributed by atoms with van der Waals surface area (Å²) >= 11 is 0. The predicted molar refractivity (Wildman–Crippen MR) is 119 cm³/mol. The van der Waals surface area contributed by atoms with E-state index in [4.69, 9.17) is 4.74 Å². The van der Waals surface area contributed by atoms with Crippen LogP contribution in [0.2, 0.25) is 0 Å². The number of benzene rings is 2. The molecular formula is C24H17FN4O3. The smallest absolute Gasteiger partial charge is 0.264 e. The van der Waals surface area contributed by atoms with E-state index in [0.29, 0.717) is 22.7 Å². The standard InChI is InChI=1S/C24H17FN4O3/c25-20-13-16(6-9-22(20)32-19-5-2-12-26-15-19)7-10-23(30)27-18-4-1-3-17(14-18)21-8-11-24(31)29-28-21/h1-15H,(H,27,30)(H,29,31)/b10-7+. The highest BCUT2D eigenvalue weighted by atomic mass is 19.1. The Bertz CT molecular complexity index is 1320. The zero-order valence-electron chi connectivity index (χ0n) is 16.7. The van der Waals surface area contributed by atoms with E-state index < -0.39 is 5.82 Å². The molecule has 2 heterocycles. The molecule has 0 bridgehead atoms. The number of rotatable bonds is 6. The summed E-state index contributed by atoms with van der Waals surface area (Å²) in [6.45, 7) is 0. The van der Waals surface area contributed by atoms with Crippen LogP contribution < -0.4 is 15.6 Å². The Morgan fingerprint density at radius 2 is 1.97 bits per heavy atom. The molecule has 0 saturated carbocycles. The van der Waals surface area contributed by atoms with E-state index in [0.717, 1.165) is 5.56 Å². The first-order valence-electron chi connectivity index (χ1n) is 9.59. The Kier molecular flexibility index (Phi) is 6.12. The molecule has 7 nitrogen and oxygen atoms in total. The normalized spacial score (nSPS) is 10.8. The Morgan fingerprint density at radius 3 is 2.72 bits per heavy atom. The fourth-order valence-electron chi connectivity index (χ4n) is 2.86. The molecule has 0 unspecified atom stereocenters. The third-order valence-corrected chi connectivity index (χ3v) is 4.35. The maximum atomic E-state index is 14.3. The second kappa shape index (κ2) is 9.48. The number of anilines is 1. The molecule has 4 rings (SSSR count). The van der Waals surface area contributed by atoms with Crippen molar-refractivity contribution < 1.29 is 13.9 Å².